The number of carbonyl (C=O) groups is 1. The first-order valence-electron chi connectivity index (χ1n) is 11.5. The summed E-state index contributed by atoms with van der Waals surface area (Å²) in [5, 5.41) is 15.8. The first-order valence-corrected chi connectivity index (χ1v) is 11.9. The Morgan fingerprint density at radius 3 is 2.89 bits per heavy atom. The molecule has 1 aliphatic rings. The fraction of sp³-hybridized carbons (Fsp3) is 0.320. The number of halogens is 1. The van der Waals surface area contributed by atoms with Gasteiger partial charge in [-0.2, -0.15) is 0 Å². The molecule has 1 unspecified atom stereocenters. The van der Waals surface area contributed by atoms with Crippen molar-refractivity contribution in [3.8, 4) is 11.5 Å². The van der Waals surface area contributed by atoms with Crippen molar-refractivity contribution in [3.05, 3.63) is 47.9 Å². The SMILES string of the molecule is CC(=O)OC(COc1cc2ncnc(Nc3cccc4c(Cl)coc34)c2cc1O)CN1CCOCC1. The van der Waals surface area contributed by atoms with Crippen molar-refractivity contribution >= 4 is 50.9 Å². The van der Waals surface area contributed by atoms with Gasteiger partial charge < -0.3 is 29.1 Å². The molecule has 1 atom stereocenters. The zero-order valence-electron chi connectivity index (χ0n) is 19.6. The number of aromatic hydroxyl groups is 1. The number of ether oxygens (including phenoxy) is 3. The Morgan fingerprint density at radius 2 is 2.08 bits per heavy atom. The molecule has 0 amide bonds. The minimum Gasteiger partial charge on any atom is -0.504 e. The fourth-order valence-corrected chi connectivity index (χ4v) is 4.35. The Labute approximate surface area is 211 Å². The topological polar surface area (TPSA) is 119 Å². The van der Waals surface area contributed by atoms with Crippen LogP contribution in [0.3, 0.4) is 0 Å². The van der Waals surface area contributed by atoms with Crippen LogP contribution in [-0.4, -0.2) is 71.5 Å². The van der Waals surface area contributed by atoms with E-state index < -0.39 is 12.1 Å². The zero-order valence-corrected chi connectivity index (χ0v) is 20.3. The van der Waals surface area contributed by atoms with Crippen LogP contribution in [-0.2, 0) is 14.3 Å². The van der Waals surface area contributed by atoms with E-state index >= 15 is 0 Å². The van der Waals surface area contributed by atoms with Crippen LogP contribution in [0.2, 0.25) is 5.02 Å². The highest BCUT2D eigenvalue weighted by atomic mass is 35.5. The monoisotopic (exact) mass is 512 g/mol. The predicted octanol–water partition coefficient (Wildman–Crippen LogP) is 4.12. The lowest BCUT2D eigenvalue weighted by Gasteiger charge is -2.30. The number of carbonyl (C=O) groups excluding carboxylic acids is 1. The maximum Gasteiger partial charge on any atom is 0.303 e. The molecule has 1 fully saturated rings. The van der Waals surface area contributed by atoms with Gasteiger partial charge in [0.1, 0.15) is 31.1 Å². The van der Waals surface area contributed by atoms with Crippen LogP contribution in [0.1, 0.15) is 6.92 Å². The molecule has 188 valence electrons. The number of aromatic nitrogens is 2. The molecule has 10 nitrogen and oxygen atoms in total. The van der Waals surface area contributed by atoms with Gasteiger partial charge in [-0.3, -0.25) is 9.69 Å². The molecule has 2 aromatic carbocycles. The van der Waals surface area contributed by atoms with Crippen LogP contribution >= 0.6 is 11.6 Å². The summed E-state index contributed by atoms with van der Waals surface area (Å²) >= 11 is 6.19. The standard InChI is InChI=1S/C25H25ClN4O6/c1-15(31)36-16(11-30-5-7-33-8-6-30)12-34-23-10-21-18(9-22(23)32)25(28-14-27-21)29-20-4-2-3-17-19(26)13-35-24(17)20/h2-4,9-10,13-14,16,32H,5-8,11-12H2,1H3,(H,27,28,29). The maximum absolute atomic E-state index is 11.6. The Morgan fingerprint density at radius 1 is 1.25 bits per heavy atom. The summed E-state index contributed by atoms with van der Waals surface area (Å²) in [5.74, 6) is 0.224. The van der Waals surface area contributed by atoms with Crippen molar-refractivity contribution in [2.75, 3.05) is 44.8 Å². The Bertz CT molecular complexity index is 1390. The summed E-state index contributed by atoms with van der Waals surface area (Å²) in [4.78, 5) is 22.4. The predicted molar refractivity (Wildman–Crippen MR) is 134 cm³/mol. The van der Waals surface area contributed by atoms with Gasteiger partial charge in [-0.15, -0.1) is 0 Å². The molecule has 0 bridgehead atoms. The average Bonchev–Trinajstić information content (AvgIpc) is 3.25. The molecule has 1 aliphatic heterocycles. The third-order valence-corrected chi connectivity index (χ3v) is 6.14. The first kappa shape index (κ1) is 24.1. The van der Waals surface area contributed by atoms with Crippen LogP contribution in [0, 0.1) is 0 Å². The van der Waals surface area contributed by atoms with E-state index in [0.29, 0.717) is 52.8 Å². The lowest BCUT2D eigenvalue weighted by Crippen LogP contribution is -2.43. The Kier molecular flexibility index (Phi) is 7.08. The van der Waals surface area contributed by atoms with Gasteiger partial charge in [0.05, 0.1) is 29.4 Å². The van der Waals surface area contributed by atoms with Gasteiger partial charge in [0.15, 0.2) is 17.1 Å². The van der Waals surface area contributed by atoms with E-state index in [2.05, 4.69) is 20.2 Å². The third kappa shape index (κ3) is 5.30. The number of furan rings is 1. The van der Waals surface area contributed by atoms with Gasteiger partial charge in [-0.25, -0.2) is 9.97 Å². The molecular formula is C25H25ClN4O6. The Hall–Kier alpha value is -3.60. The molecule has 0 saturated carbocycles. The number of phenolic OH excluding ortho intramolecular Hbond substituents is 1. The molecular weight excluding hydrogens is 488 g/mol. The van der Waals surface area contributed by atoms with Crippen molar-refractivity contribution in [3.63, 3.8) is 0 Å². The van der Waals surface area contributed by atoms with E-state index in [1.165, 1.54) is 25.6 Å². The quantitative estimate of drug-likeness (QED) is 0.333. The van der Waals surface area contributed by atoms with E-state index in [-0.39, 0.29) is 18.1 Å². The highest BCUT2D eigenvalue weighted by Gasteiger charge is 2.21. The summed E-state index contributed by atoms with van der Waals surface area (Å²) in [6.45, 7) is 4.73. The summed E-state index contributed by atoms with van der Waals surface area (Å²) in [7, 11) is 0. The first-order chi connectivity index (χ1) is 17.5. The molecule has 0 radical (unpaired) electrons. The molecule has 1 saturated heterocycles. The zero-order chi connectivity index (χ0) is 25.1. The van der Waals surface area contributed by atoms with Crippen LogP contribution in [0.25, 0.3) is 21.9 Å². The van der Waals surface area contributed by atoms with Gasteiger partial charge in [0, 0.05) is 43.4 Å². The van der Waals surface area contributed by atoms with Crippen molar-refractivity contribution < 1.29 is 28.5 Å². The number of esters is 1. The number of benzene rings is 2. The van der Waals surface area contributed by atoms with E-state index in [1.807, 2.05) is 18.2 Å². The number of rotatable bonds is 8. The maximum atomic E-state index is 11.6. The largest absolute Gasteiger partial charge is 0.504 e. The lowest BCUT2D eigenvalue weighted by atomic mass is 10.2. The van der Waals surface area contributed by atoms with Gasteiger partial charge in [0.25, 0.3) is 0 Å². The number of para-hydroxylation sites is 1. The summed E-state index contributed by atoms with van der Waals surface area (Å²) in [5.41, 5.74) is 1.82. The third-order valence-electron chi connectivity index (χ3n) is 5.84. The van der Waals surface area contributed by atoms with Gasteiger partial charge in [-0.05, 0) is 18.2 Å². The van der Waals surface area contributed by atoms with Crippen molar-refractivity contribution in [2.45, 2.75) is 13.0 Å². The molecule has 2 N–H and O–H groups in total. The lowest BCUT2D eigenvalue weighted by molar-refractivity contribution is -0.149. The van der Waals surface area contributed by atoms with Crippen LogP contribution in [0.15, 0.2) is 47.3 Å². The second kappa shape index (κ2) is 10.6. The molecule has 11 heteroatoms. The minimum absolute atomic E-state index is 0.0768. The minimum atomic E-state index is -0.501. The molecule has 0 spiro atoms. The number of nitrogens with zero attached hydrogens (tertiary/aromatic N) is 3. The summed E-state index contributed by atoms with van der Waals surface area (Å²) in [6.07, 6.45) is 2.40. The fourth-order valence-electron chi connectivity index (χ4n) is 4.15. The summed E-state index contributed by atoms with van der Waals surface area (Å²) < 4.78 is 22.3. The van der Waals surface area contributed by atoms with Crippen LogP contribution < -0.4 is 10.1 Å². The number of morpholine rings is 1. The number of nitrogens with one attached hydrogen (secondary N) is 1. The molecule has 2 aromatic heterocycles. The average molecular weight is 513 g/mol. The normalized spacial score (nSPS) is 15.2. The number of fused-ring (bicyclic) bond motifs is 2. The van der Waals surface area contributed by atoms with Gasteiger partial charge in [-0.1, -0.05) is 17.7 Å². The molecule has 5 rings (SSSR count). The van der Waals surface area contributed by atoms with Gasteiger partial charge >= 0.3 is 5.97 Å². The molecule has 36 heavy (non-hydrogen) atoms. The second-order valence-corrected chi connectivity index (χ2v) is 8.81. The van der Waals surface area contributed by atoms with E-state index in [0.717, 1.165) is 18.5 Å². The summed E-state index contributed by atoms with van der Waals surface area (Å²) in [6, 6.07) is 8.72. The van der Waals surface area contributed by atoms with E-state index in [1.54, 1.807) is 6.07 Å². The molecule has 3 heterocycles. The van der Waals surface area contributed by atoms with Crippen molar-refractivity contribution in [1.82, 2.24) is 14.9 Å². The van der Waals surface area contributed by atoms with E-state index in [9.17, 15) is 9.90 Å². The number of hydrogen-bond acceptors (Lipinski definition) is 10. The van der Waals surface area contributed by atoms with Crippen LogP contribution in [0.4, 0.5) is 11.5 Å². The molecule has 4 aromatic rings. The van der Waals surface area contributed by atoms with Crippen LogP contribution in [0.5, 0.6) is 11.5 Å². The number of anilines is 2. The highest BCUT2D eigenvalue weighted by molar-refractivity contribution is 6.35. The second-order valence-electron chi connectivity index (χ2n) is 8.41. The molecule has 0 aliphatic carbocycles. The smallest absolute Gasteiger partial charge is 0.303 e. The number of phenols is 1. The Balaban J connectivity index is 1.36. The van der Waals surface area contributed by atoms with E-state index in [4.69, 9.17) is 30.2 Å². The van der Waals surface area contributed by atoms with Crippen molar-refractivity contribution in [2.24, 2.45) is 0 Å². The van der Waals surface area contributed by atoms with Gasteiger partial charge in [0.2, 0.25) is 0 Å². The van der Waals surface area contributed by atoms with Crippen molar-refractivity contribution in [1.29, 1.82) is 0 Å². The highest BCUT2D eigenvalue weighted by Crippen LogP contribution is 2.36. The number of hydrogen-bond donors (Lipinski definition) is 2.